The Morgan fingerprint density at radius 3 is 2.00 bits per heavy atom. The van der Waals surface area contributed by atoms with E-state index < -0.39 is 0 Å². The van der Waals surface area contributed by atoms with Gasteiger partial charge in [-0.05, 0) is 37.7 Å². The summed E-state index contributed by atoms with van der Waals surface area (Å²) in [5.74, 6) is 0. The molecule has 0 fully saturated rings. The van der Waals surface area contributed by atoms with Gasteiger partial charge in [0.15, 0.2) is 0 Å². The molecule has 94 valence electrons. The second kappa shape index (κ2) is 14.1. The molecule has 0 N–H and O–H groups in total. The van der Waals surface area contributed by atoms with Crippen molar-refractivity contribution in [1.82, 2.24) is 9.88 Å². The molecule has 0 spiro atoms. The van der Waals surface area contributed by atoms with Gasteiger partial charge >= 0.3 is 0 Å². The first kappa shape index (κ1) is 17.5. The van der Waals surface area contributed by atoms with E-state index in [2.05, 4.69) is 36.0 Å². The van der Waals surface area contributed by atoms with Crippen LogP contribution in [0.25, 0.3) is 0 Å². The Morgan fingerprint density at radius 1 is 1.06 bits per heavy atom. The van der Waals surface area contributed by atoms with Crippen molar-refractivity contribution >= 4 is 0 Å². The van der Waals surface area contributed by atoms with Gasteiger partial charge in [0.25, 0.3) is 0 Å². The number of rotatable bonds is 4. The largest absolute Gasteiger partial charge is 0.302 e. The lowest BCUT2D eigenvalue weighted by atomic mass is 10.2. The van der Waals surface area contributed by atoms with E-state index in [1.807, 2.05) is 40.1 Å². The first-order valence-electron chi connectivity index (χ1n) is 6.40. The molecule has 0 saturated carbocycles. The van der Waals surface area contributed by atoms with Gasteiger partial charge in [0.1, 0.15) is 0 Å². The summed E-state index contributed by atoms with van der Waals surface area (Å²) in [4.78, 5) is 6.29. The fourth-order valence-electron chi connectivity index (χ4n) is 1.26. The zero-order valence-corrected chi connectivity index (χ0v) is 11.8. The van der Waals surface area contributed by atoms with Crippen molar-refractivity contribution in [2.45, 2.75) is 47.6 Å². The minimum absolute atomic E-state index is 1.02. The van der Waals surface area contributed by atoms with Crippen LogP contribution in [0, 0.1) is 0 Å². The fraction of sp³-hybridized carbons (Fsp3) is 0.643. The van der Waals surface area contributed by atoms with Gasteiger partial charge < -0.3 is 4.90 Å². The summed E-state index contributed by atoms with van der Waals surface area (Å²) in [6.45, 7) is 12.4. The molecule has 1 aromatic heterocycles. The molecule has 1 heterocycles. The van der Waals surface area contributed by atoms with Gasteiger partial charge in [0.2, 0.25) is 0 Å². The van der Waals surface area contributed by atoms with Crippen molar-refractivity contribution < 1.29 is 0 Å². The molecule has 0 unspecified atom stereocenters. The molecule has 1 rings (SSSR count). The number of nitrogens with zero attached hydrogens (tertiary/aromatic N) is 2. The predicted octanol–water partition coefficient (Wildman–Crippen LogP) is 3.98. The first-order valence-corrected chi connectivity index (χ1v) is 6.40. The highest BCUT2D eigenvalue weighted by Crippen LogP contribution is 2.00. The van der Waals surface area contributed by atoms with Gasteiger partial charge in [-0.3, -0.25) is 4.98 Å². The Morgan fingerprint density at radius 2 is 1.56 bits per heavy atom. The van der Waals surface area contributed by atoms with Crippen molar-refractivity contribution in [3.05, 3.63) is 30.1 Å². The van der Waals surface area contributed by atoms with Crippen LogP contribution < -0.4 is 0 Å². The maximum absolute atomic E-state index is 3.98. The fourth-order valence-corrected chi connectivity index (χ4v) is 1.26. The average Bonchev–Trinajstić information content (AvgIpc) is 2.36. The van der Waals surface area contributed by atoms with Gasteiger partial charge in [-0.25, -0.2) is 0 Å². The smallest absolute Gasteiger partial charge is 0.0271 e. The highest BCUT2D eigenvalue weighted by molar-refractivity contribution is 5.08. The summed E-state index contributed by atoms with van der Waals surface area (Å²) in [6.07, 6.45) is 4.89. The molecule has 0 amide bonds. The Hall–Kier alpha value is -0.890. The van der Waals surface area contributed by atoms with Gasteiger partial charge in [-0.15, -0.1) is 0 Å². The quantitative estimate of drug-likeness (QED) is 0.769. The highest BCUT2D eigenvalue weighted by atomic mass is 15.1. The summed E-state index contributed by atoms with van der Waals surface area (Å²) in [7, 11) is 2.14. The summed E-state index contributed by atoms with van der Waals surface area (Å²) in [6, 6.07) is 4.12. The second-order valence-corrected chi connectivity index (χ2v) is 3.09. The molecule has 0 bridgehead atoms. The van der Waals surface area contributed by atoms with Gasteiger partial charge in [-0.2, -0.15) is 0 Å². The maximum atomic E-state index is 3.98. The molecule has 0 aliphatic carbocycles. The highest BCUT2D eigenvalue weighted by Gasteiger charge is 1.96. The van der Waals surface area contributed by atoms with E-state index in [0.717, 1.165) is 13.1 Å². The second-order valence-electron chi connectivity index (χ2n) is 3.09. The molecule has 2 nitrogen and oxygen atoms in total. The van der Waals surface area contributed by atoms with E-state index in [1.165, 1.54) is 12.0 Å². The van der Waals surface area contributed by atoms with Gasteiger partial charge in [0, 0.05) is 18.9 Å². The molecular formula is C14H28N2. The van der Waals surface area contributed by atoms with Crippen LogP contribution >= 0.6 is 0 Å². The maximum Gasteiger partial charge on any atom is 0.0271 e. The van der Waals surface area contributed by atoms with Crippen molar-refractivity contribution in [3.63, 3.8) is 0 Å². The SMILES string of the molecule is CC.CC.CCCN(C)Cc1ccncc1. The Kier molecular flexibility index (Phi) is 15.4. The van der Waals surface area contributed by atoms with Crippen LogP contribution in [0.15, 0.2) is 24.5 Å². The minimum Gasteiger partial charge on any atom is -0.302 e. The molecule has 0 radical (unpaired) electrons. The van der Waals surface area contributed by atoms with E-state index in [1.54, 1.807) is 0 Å². The molecular weight excluding hydrogens is 196 g/mol. The zero-order chi connectivity index (χ0) is 12.8. The normalized spacial score (nSPS) is 8.69. The molecule has 2 heteroatoms. The van der Waals surface area contributed by atoms with Crippen LogP contribution in [0.5, 0.6) is 0 Å². The van der Waals surface area contributed by atoms with Crippen LogP contribution in [0.2, 0.25) is 0 Å². The van der Waals surface area contributed by atoms with Gasteiger partial charge in [-0.1, -0.05) is 34.6 Å². The Balaban J connectivity index is 0. The van der Waals surface area contributed by atoms with Crippen LogP contribution in [0.4, 0.5) is 0 Å². The third-order valence-electron chi connectivity index (χ3n) is 1.81. The molecule has 0 atom stereocenters. The van der Waals surface area contributed by atoms with Crippen LogP contribution in [0.1, 0.15) is 46.6 Å². The lowest BCUT2D eigenvalue weighted by Crippen LogP contribution is -2.18. The van der Waals surface area contributed by atoms with E-state index in [0.29, 0.717) is 0 Å². The summed E-state index contributed by atoms with van der Waals surface area (Å²) in [5.41, 5.74) is 1.33. The zero-order valence-electron chi connectivity index (χ0n) is 11.8. The van der Waals surface area contributed by atoms with E-state index in [-0.39, 0.29) is 0 Å². The topological polar surface area (TPSA) is 16.1 Å². The van der Waals surface area contributed by atoms with E-state index >= 15 is 0 Å². The van der Waals surface area contributed by atoms with Crippen LogP contribution in [0.3, 0.4) is 0 Å². The minimum atomic E-state index is 1.02. The van der Waals surface area contributed by atoms with Crippen molar-refractivity contribution in [3.8, 4) is 0 Å². The Labute approximate surface area is 102 Å². The third kappa shape index (κ3) is 9.66. The molecule has 0 aliphatic rings. The van der Waals surface area contributed by atoms with Crippen molar-refractivity contribution in [1.29, 1.82) is 0 Å². The standard InChI is InChI=1S/C10H16N2.2C2H6/c1-3-8-12(2)9-10-4-6-11-7-5-10;2*1-2/h4-7H,3,8-9H2,1-2H3;2*1-2H3. The molecule has 0 saturated heterocycles. The van der Waals surface area contributed by atoms with Crippen LogP contribution in [-0.2, 0) is 6.54 Å². The lowest BCUT2D eigenvalue weighted by molar-refractivity contribution is 0.327. The molecule has 0 aliphatic heterocycles. The number of hydrogen-bond donors (Lipinski definition) is 0. The van der Waals surface area contributed by atoms with Crippen LogP contribution in [-0.4, -0.2) is 23.5 Å². The number of aromatic nitrogens is 1. The molecule has 16 heavy (non-hydrogen) atoms. The molecule has 1 aromatic rings. The van der Waals surface area contributed by atoms with E-state index in [9.17, 15) is 0 Å². The van der Waals surface area contributed by atoms with Crippen molar-refractivity contribution in [2.24, 2.45) is 0 Å². The summed E-state index contributed by atoms with van der Waals surface area (Å²) < 4.78 is 0. The lowest BCUT2D eigenvalue weighted by Gasteiger charge is -2.14. The third-order valence-corrected chi connectivity index (χ3v) is 1.81. The average molecular weight is 224 g/mol. The van der Waals surface area contributed by atoms with E-state index in [4.69, 9.17) is 0 Å². The first-order chi connectivity index (χ1) is 7.83. The Bertz CT molecular complexity index is 209. The molecule has 0 aromatic carbocycles. The predicted molar refractivity (Wildman–Crippen MR) is 73.6 cm³/mol. The van der Waals surface area contributed by atoms with Crippen molar-refractivity contribution in [2.75, 3.05) is 13.6 Å². The number of pyridine rings is 1. The number of hydrogen-bond acceptors (Lipinski definition) is 2. The summed E-state index contributed by atoms with van der Waals surface area (Å²) >= 11 is 0. The van der Waals surface area contributed by atoms with Gasteiger partial charge in [0.05, 0.1) is 0 Å². The monoisotopic (exact) mass is 224 g/mol. The summed E-state index contributed by atoms with van der Waals surface area (Å²) in [5, 5.41) is 0.